The summed E-state index contributed by atoms with van der Waals surface area (Å²) in [5.74, 6) is 0.698. The van der Waals surface area contributed by atoms with Crippen molar-refractivity contribution in [2.45, 2.75) is 45.6 Å². The van der Waals surface area contributed by atoms with Gasteiger partial charge in [0.25, 0.3) is 5.91 Å². The summed E-state index contributed by atoms with van der Waals surface area (Å²) in [4.78, 5) is 13.0. The second kappa shape index (κ2) is 3.89. The quantitative estimate of drug-likeness (QED) is 0.902. The van der Waals surface area contributed by atoms with Gasteiger partial charge in [-0.3, -0.25) is 4.79 Å². The summed E-state index contributed by atoms with van der Waals surface area (Å²) in [5.41, 5.74) is 1.54. The molecule has 4 rings (SSSR count). The Bertz CT molecular complexity index is 627. The number of amides is 1. The summed E-state index contributed by atoms with van der Waals surface area (Å²) in [7, 11) is 0. The van der Waals surface area contributed by atoms with Gasteiger partial charge in [0.1, 0.15) is 0 Å². The fourth-order valence-corrected chi connectivity index (χ4v) is 5.19. The number of benzene rings is 1. The Hall–Kier alpha value is -1.35. The highest BCUT2D eigenvalue weighted by molar-refractivity contribution is 5.99. The molecule has 1 aromatic carbocycles. The first-order valence-electron chi connectivity index (χ1n) is 7.94. The zero-order valence-corrected chi connectivity index (χ0v) is 13.0. The van der Waals surface area contributed by atoms with E-state index in [2.05, 4.69) is 19.2 Å². The highest BCUT2D eigenvalue weighted by Crippen LogP contribution is 2.75. The molecule has 0 radical (unpaired) electrons. The summed E-state index contributed by atoms with van der Waals surface area (Å²) in [6.07, 6.45) is 3.24. The first-order chi connectivity index (χ1) is 9.93. The molecule has 0 spiro atoms. The number of anilines is 1. The van der Waals surface area contributed by atoms with Crippen LogP contribution in [0, 0.1) is 23.7 Å². The predicted molar refractivity (Wildman–Crippen MR) is 82.0 cm³/mol. The Morgan fingerprint density at radius 2 is 2.10 bits per heavy atom. The zero-order valence-electron chi connectivity index (χ0n) is 13.0. The molecule has 0 unspecified atom stereocenters. The van der Waals surface area contributed by atoms with Crippen LogP contribution in [0.25, 0.3) is 0 Å². The molecule has 3 aliphatic rings. The molecule has 1 saturated heterocycles. The second-order valence-electron chi connectivity index (χ2n) is 7.57. The van der Waals surface area contributed by atoms with Crippen LogP contribution in [0.3, 0.4) is 0 Å². The van der Waals surface area contributed by atoms with Gasteiger partial charge in [-0.15, -0.1) is 0 Å². The highest BCUT2D eigenvalue weighted by atomic mass is 16.5. The minimum atomic E-state index is -0.618. The van der Waals surface area contributed by atoms with Gasteiger partial charge in [0, 0.05) is 16.5 Å². The topological polar surface area (TPSA) is 38.3 Å². The van der Waals surface area contributed by atoms with E-state index in [-0.39, 0.29) is 16.7 Å². The Morgan fingerprint density at radius 1 is 1.33 bits per heavy atom. The molecule has 112 valence electrons. The lowest BCUT2D eigenvalue weighted by Crippen LogP contribution is -2.52. The van der Waals surface area contributed by atoms with Crippen molar-refractivity contribution in [1.29, 1.82) is 0 Å². The monoisotopic (exact) mass is 285 g/mol. The van der Waals surface area contributed by atoms with Gasteiger partial charge in [0.2, 0.25) is 0 Å². The number of ether oxygens (including phenoxy) is 1. The number of para-hydroxylation sites is 1. The van der Waals surface area contributed by atoms with Crippen molar-refractivity contribution in [3.63, 3.8) is 0 Å². The van der Waals surface area contributed by atoms with Crippen molar-refractivity contribution in [2.75, 3.05) is 11.9 Å². The minimum Gasteiger partial charge on any atom is -0.364 e. The van der Waals surface area contributed by atoms with Gasteiger partial charge in [-0.05, 0) is 43.7 Å². The van der Waals surface area contributed by atoms with E-state index in [4.69, 9.17) is 4.74 Å². The van der Waals surface area contributed by atoms with Gasteiger partial charge in [-0.1, -0.05) is 32.0 Å². The predicted octanol–water partition coefficient (Wildman–Crippen LogP) is 3.53. The average molecular weight is 285 g/mol. The van der Waals surface area contributed by atoms with E-state index in [1.54, 1.807) is 0 Å². The molecule has 0 aromatic heterocycles. The number of hydrogen-bond acceptors (Lipinski definition) is 2. The summed E-state index contributed by atoms with van der Waals surface area (Å²) >= 11 is 0. The maximum Gasteiger partial charge on any atom is 0.257 e. The molecule has 1 aliphatic heterocycles. The number of rotatable bonds is 2. The number of nitrogens with one attached hydrogen (secondary N) is 1. The second-order valence-corrected chi connectivity index (χ2v) is 7.57. The normalized spacial score (nSPS) is 43.3. The third kappa shape index (κ3) is 1.36. The lowest BCUT2D eigenvalue weighted by Gasteiger charge is -2.40. The molecule has 4 bridgehead atoms. The summed E-state index contributed by atoms with van der Waals surface area (Å²) in [6.45, 7) is 7.34. The van der Waals surface area contributed by atoms with Gasteiger partial charge in [0.05, 0.1) is 6.61 Å². The molecular formula is C18H23NO2. The Kier molecular flexibility index (Phi) is 2.47. The smallest absolute Gasteiger partial charge is 0.257 e. The molecule has 3 nitrogen and oxygen atoms in total. The summed E-state index contributed by atoms with van der Waals surface area (Å²) < 4.78 is 6.14. The molecule has 3 fully saturated rings. The number of hydrogen-bond donors (Lipinski definition) is 1. The SMILES string of the molecule is Cc1ccccc1NC(=O)[C@]12C[C@@H]3CC[C@@]1(C)[C@@]3(C)CO2. The van der Waals surface area contributed by atoms with Crippen molar-refractivity contribution in [3.05, 3.63) is 29.8 Å². The lowest BCUT2D eigenvalue weighted by molar-refractivity contribution is -0.149. The van der Waals surface area contributed by atoms with Gasteiger partial charge in [-0.25, -0.2) is 0 Å². The maximum atomic E-state index is 13.0. The van der Waals surface area contributed by atoms with Crippen molar-refractivity contribution >= 4 is 11.6 Å². The van der Waals surface area contributed by atoms with Gasteiger partial charge in [-0.2, -0.15) is 0 Å². The molecule has 1 heterocycles. The number of carbonyl (C=O) groups is 1. The molecule has 2 saturated carbocycles. The van der Waals surface area contributed by atoms with Gasteiger partial charge < -0.3 is 10.1 Å². The van der Waals surface area contributed by atoms with E-state index >= 15 is 0 Å². The molecule has 4 atom stereocenters. The molecule has 1 amide bonds. The van der Waals surface area contributed by atoms with E-state index in [1.807, 2.05) is 31.2 Å². The molecular weight excluding hydrogens is 262 g/mol. The van der Waals surface area contributed by atoms with E-state index < -0.39 is 5.60 Å². The first-order valence-corrected chi connectivity index (χ1v) is 7.94. The van der Waals surface area contributed by atoms with Crippen LogP contribution in [0.1, 0.15) is 38.7 Å². The minimum absolute atomic E-state index is 0.0164. The maximum absolute atomic E-state index is 13.0. The third-order valence-corrected chi connectivity index (χ3v) is 6.96. The highest BCUT2D eigenvalue weighted by Gasteiger charge is 2.78. The van der Waals surface area contributed by atoms with Gasteiger partial charge in [0.15, 0.2) is 5.60 Å². The van der Waals surface area contributed by atoms with E-state index in [0.717, 1.165) is 30.7 Å². The first kappa shape index (κ1) is 13.3. The largest absolute Gasteiger partial charge is 0.364 e. The molecule has 2 aliphatic carbocycles. The van der Waals surface area contributed by atoms with E-state index in [0.29, 0.717) is 5.92 Å². The average Bonchev–Trinajstić information content (AvgIpc) is 2.93. The summed E-state index contributed by atoms with van der Waals surface area (Å²) in [5, 5.41) is 3.13. The van der Waals surface area contributed by atoms with Crippen LogP contribution >= 0.6 is 0 Å². The van der Waals surface area contributed by atoms with Crippen molar-refractivity contribution in [3.8, 4) is 0 Å². The van der Waals surface area contributed by atoms with Crippen LogP contribution in [0.4, 0.5) is 5.69 Å². The Balaban J connectivity index is 1.68. The number of carbonyl (C=O) groups excluding carboxylic acids is 1. The van der Waals surface area contributed by atoms with Crippen molar-refractivity contribution in [1.82, 2.24) is 0 Å². The van der Waals surface area contributed by atoms with Crippen LogP contribution in [-0.4, -0.2) is 18.1 Å². The fraction of sp³-hybridized carbons (Fsp3) is 0.611. The van der Waals surface area contributed by atoms with Crippen LogP contribution < -0.4 is 5.32 Å². The third-order valence-electron chi connectivity index (χ3n) is 6.96. The van der Waals surface area contributed by atoms with E-state index in [9.17, 15) is 4.79 Å². The van der Waals surface area contributed by atoms with Crippen LogP contribution in [0.5, 0.6) is 0 Å². The molecule has 1 aromatic rings. The zero-order chi connectivity index (χ0) is 14.9. The van der Waals surface area contributed by atoms with Crippen LogP contribution in [0.2, 0.25) is 0 Å². The van der Waals surface area contributed by atoms with Crippen molar-refractivity contribution < 1.29 is 9.53 Å². The fourth-order valence-electron chi connectivity index (χ4n) is 5.19. The molecule has 3 heteroatoms. The summed E-state index contributed by atoms with van der Waals surface area (Å²) in [6, 6.07) is 7.94. The van der Waals surface area contributed by atoms with Crippen molar-refractivity contribution in [2.24, 2.45) is 16.7 Å². The number of aryl methyl sites for hydroxylation is 1. The molecule has 21 heavy (non-hydrogen) atoms. The van der Waals surface area contributed by atoms with Crippen LogP contribution in [0.15, 0.2) is 24.3 Å². The Labute approximate surface area is 126 Å². The molecule has 1 N–H and O–H groups in total. The lowest BCUT2D eigenvalue weighted by atomic mass is 9.66. The standard InChI is InChI=1S/C18H23NO2/c1-12-6-4-5-7-14(12)19-15(20)18-10-13-8-9-17(18,3)16(13,2)11-21-18/h4-7,13H,8-11H2,1-3H3,(H,19,20)/t13-,16-,17-,18+/m0/s1. The van der Waals surface area contributed by atoms with E-state index in [1.165, 1.54) is 6.42 Å². The Morgan fingerprint density at radius 3 is 2.76 bits per heavy atom. The van der Waals surface area contributed by atoms with Crippen LogP contribution in [-0.2, 0) is 9.53 Å². The van der Waals surface area contributed by atoms with Gasteiger partial charge >= 0.3 is 0 Å².